The summed E-state index contributed by atoms with van der Waals surface area (Å²) in [5, 5.41) is 3.05. The van der Waals surface area contributed by atoms with Crippen LogP contribution in [0.15, 0.2) is 24.3 Å². The highest BCUT2D eigenvalue weighted by Gasteiger charge is 2.28. The lowest BCUT2D eigenvalue weighted by atomic mass is 10.0. The summed E-state index contributed by atoms with van der Waals surface area (Å²) in [6, 6.07) is 6.24. The number of alkyl carbamates (subject to hydrolysis) is 1. The van der Waals surface area contributed by atoms with E-state index in [0.717, 1.165) is 0 Å². The molecule has 0 spiro atoms. The number of rotatable bonds is 8. The third kappa shape index (κ3) is 9.31. The van der Waals surface area contributed by atoms with Crippen molar-refractivity contribution in [3.8, 4) is 5.75 Å². The van der Waals surface area contributed by atoms with E-state index in [2.05, 4.69) is 19.2 Å². The van der Waals surface area contributed by atoms with E-state index in [4.69, 9.17) is 25.8 Å². The second-order valence-electron chi connectivity index (χ2n) is 8.25. The first-order valence-electron chi connectivity index (χ1n) is 9.49. The first-order chi connectivity index (χ1) is 12.9. The summed E-state index contributed by atoms with van der Waals surface area (Å²) in [7, 11) is 0. The van der Waals surface area contributed by atoms with Crippen molar-refractivity contribution in [3.63, 3.8) is 0 Å². The Morgan fingerprint density at radius 2 is 1.79 bits per heavy atom. The van der Waals surface area contributed by atoms with Gasteiger partial charge in [0, 0.05) is 5.02 Å². The molecule has 1 rings (SSSR count). The van der Waals surface area contributed by atoms with E-state index in [1.807, 2.05) is 0 Å². The van der Waals surface area contributed by atoms with Crippen molar-refractivity contribution < 1.29 is 23.8 Å². The van der Waals surface area contributed by atoms with Gasteiger partial charge < -0.3 is 19.5 Å². The fourth-order valence-corrected chi connectivity index (χ4v) is 2.60. The number of nitrogens with one attached hydrogen (secondary N) is 1. The molecule has 1 amide bonds. The molecule has 3 atom stereocenters. The molecule has 1 aromatic rings. The van der Waals surface area contributed by atoms with E-state index >= 15 is 0 Å². The van der Waals surface area contributed by atoms with Gasteiger partial charge in [-0.2, -0.15) is 0 Å². The van der Waals surface area contributed by atoms with Crippen molar-refractivity contribution in [2.45, 2.75) is 78.7 Å². The molecule has 0 saturated carbocycles. The van der Waals surface area contributed by atoms with Gasteiger partial charge in [-0.1, -0.05) is 31.5 Å². The number of amides is 1. The Morgan fingerprint density at radius 3 is 2.32 bits per heavy atom. The van der Waals surface area contributed by atoms with Crippen LogP contribution in [0.25, 0.3) is 0 Å². The maximum Gasteiger partial charge on any atom is 0.408 e. The monoisotopic (exact) mass is 413 g/mol. The Balaban J connectivity index is 2.71. The molecule has 0 heterocycles. The molecule has 158 valence electrons. The zero-order chi connectivity index (χ0) is 21.5. The van der Waals surface area contributed by atoms with Crippen LogP contribution in [0, 0.1) is 5.92 Å². The van der Waals surface area contributed by atoms with Crippen LogP contribution < -0.4 is 10.1 Å². The van der Waals surface area contributed by atoms with Crippen LogP contribution in [0.4, 0.5) is 4.79 Å². The normalized spacial score (nSPS) is 14.8. The van der Waals surface area contributed by atoms with Crippen LogP contribution >= 0.6 is 11.6 Å². The highest BCUT2D eigenvalue weighted by Crippen LogP contribution is 2.23. The quantitative estimate of drug-likeness (QED) is 0.608. The van der Waals surface area contributed by atoms with Gasteiger partial charge in [-0.25, -0.2) is 9.59 Å². The van der Waals surface area contributed by atoms with Gasteiger partial charge >= 0.3 is 12.1 Å². The SMILES string of the molecule is CC(C)C[C@@H](Oc1cccc(Cl)c1)[C@H](C)OC(=O)[C@H](C)NC(=O)OC(C)(C)C. The molecule has 0 aliphatic carbocycles. The number of esters is 1. The van der Waals surface area contributed by atoms with Gasteiger partial charge in [-0.05, 0) is 65.2 Å². The summed E-state index contributed by atoms with van der Waals surface area (Å²) in [6.07, 6.45) is -0.846. The number of hydrogen-bond donors (Lipinski definition) is 1. The van der Waals surface area contributed by atoms with E-state index in [1.54, 1.807) is 58.9 Å². The lowest BCUT2D eigenvalue weighted by Crippen LogP contribution is -2.45. The van der Waals surface area contributed by atoms with Crippen molar-refractivity contribution in [2.24, 2.45) is 5.92 Å². The molecule has 28 heavy (non-hydrogen) atoms. The smallest absolute Gasteiger partial charge is 0.408 e. The molecular formula is C21H32ClNO5. The summed E-state index contributed by atoms with van der Waals surface area (Å²) < 4.78 is 16.7. The minimum atomic E-state index is -0.844. The Labute approximate surface area is 172 Å². The molecule has 1 N–H and O–H groups in total. The summed E-state index contributed by atoms with van der Waals surface area (Å²) >= 11 is 6.02. The fourth-order valence-electron chi connectivity index (χ4n) is 2.42. The molecule has 0 saturated heterocycles. The molecule has 0 aliphatic heterocycles. The Hall–Kier alpha value is -1.95. The molecule has 0 unspecified atom stereocenters. The van der Waals surface area contributed by atoms with Crippen molar-refractivity contribution in [1.29, 1.82) is 0 Å². The van der Waals surface area contributed by atoms with Crippen LogP contribution in [-0.4, -0.2) is 35.9 Å². The van der Waals surface area contributed by atoms with Crippen LogP contribution in [-0.2, 0) is 14.3 Å². The van der Waals surface area contributed by atoms with E-state index in [-0.39, 0.29) is 6.10 Å². The molecular weight excluding hydrogens is 382 g/mol. The standard InChI is InChI=1S/C21H32ClNO5/c1-13(2)11-18(27-17-10-8-9-16(22)12-17)15(4)26-19(24)14(3)23-20(25)28-21(5,6)7/h8-10,12-15,18H,11H2,1-7H3,(H,23,25)/t14-,15-,18+/m0/s1. The number of carbonyl (C=O) groups is 2. The first-order valence-corrected chi connectivity index (χ1v) is 9.87. The fraction of sp³-hybridized carbons (Fsp3) is 0.619. The molecule has 0 radical (unpaired) electrons. The van der Waals surface area contributed by atoms with Crippen molar-refractivity contribution in [1.82, 2.24) is 5.32 Å². The van der Waals surface area contributed by atoms with Gasteiger partial charge in [-0.3, -0.25) is 0 Å². The topological polar surface area (TPSA) is 73.9 Å². The highest BCUT2D eigenvalue weighted by atomic mass is 35.5. The molecule has 7 heteroatoms. The largest absolute Gasteiger partial charge is 0.487 e. The van der Waals surface area contributed by atoms with Gasteiger partial charge in [0.1, 0.15) is 29.6 Å². The van der Waals surface area contributed by atoms with E-state index < -0.39 is 29.8 Å². The average Bonchev–Trinajstić information content (AvgIpc) is 2.51. The van der Waals surface area contributed by atoms with Crippen molar-refractivity contribution in [3.05, 3.63) is 29.3 Å². The number of halogens is 1. The van der Waals surface area contributed by atoms with Crippen molar-refractivity contribution in [2.75, 3.05) is 0 Å². The highest BCUT2D eigenvalue weighted by molar-refractivity contribution is 6.30. The summed E-state index contributed by atoms with van der Waals surface area (Å²) in [5.74, 6) is 0.394. The summed E-state index contributed by atoms with van der Waals surface area (Å²) in [4.78, 5) is 24.2. The minimum absolute atomic E-state index is 0.336. The van der Waals surface area contributed by atoms with Gasteiger partial charge in [0.2, 0.25) is 0 Å². The second kappa shape index (κ2) is 10.6. The Bertz CT molecular complexity index is 656. The van der Waals surface area contributed by atoms with Gasteiger partial charge in [0.15, 0.2) is 0 Å². The van der Waals surface area contributed by atoms with Gasteiger partial charge in [0.05, 0.1) is 0 Å². The number of ether oxygens (including phenoxy) is 3. The summed E-state index contributed by atoms with van der Waals surface area (Å²) in [6.45, 7) is 12.7. The van der Waals surface area contributed by atoms with Gasteiger partial charge in [0.25, 0.3) is 0 Å². The molecule has 0 aromatic heterocycles. The van der Waals surface area contributed by atoms with Crippen molar-refractivity contribution >= 4 is 23.7 Å². The zero-order valence-corrected chi connectivity index (χ0v) is 18.5. The lowest BCUT2D eigenvalue weighted by Gasteiger charge is -2.28. The Morgan fingerprint density at radius 1 is 1.14 bits per heavy atom. The predicted molar refractivity (Wildman–Crippen MR) is 110 cm³/mol. The first kappa shape index (κ1) is 24.1. The second-order valence-corrected chi connectivity index (χ2v) is 8.69. The lowest BCUT2D eigenvalue weighted by molar-refractivity contribution is -0.155. The number of benzene rings is 1. The van der Waals surface area contributed by atoms with Crippen LogP contribution in [0.1, 0.15) is 54.9 Å². The third-order valence-corrected chi connectivity index (χ3v) is 3.93. The molecule has 0 aliphatic rings. The maximum absolute atomic E-state index is 12.4. The van der Waals surface area contributed by atoms with E-state index in [0.29, 0.717) is 23.1 Å². The molecule has 0 bridgehead atoms. The zero-order valence-electron chi connectivity index (χ0n) is 17.7. The number of carbonyl (C=O) groups excluding carboxylic acids is 2. The van der Waals surface area contributed by atoms with E-state index in [1.165, 1.54) is 0 Å². The average molecular weight is 414 g/mol. The molecule has 0 fully saturated rings. The van der Waals surface area contributed by atoms with Crippen LogP contribution in [0.3, 0.4) is 0 Å². The maximum atomic E-state index is 12.4. The molecule has 6 nitrogen and oxygen atoms in total. The predicted octanol–water partition coefficient (Wildman–Crippen LogP) is 4.98. The van der Waals surface area contributed by atoms with Crippen LogP contribution in [0.5, 0.6) is 5.75 Å². The molecule has 1 aromatic carbocycles. The van der Waals surface area contributed by atoms with E-state index in [9.17, 15) is 9.59 Å². The summed E-state index contributed by atoms with van der Waals surface area (Å²) in [5.41, 5.74) is -0.645. The minimum Gasteiger partial charge on any atom is -0.487 e. The third-order valence-electron chi connectivity index (χ3n) is 3.70. The van der Waals surface area contributed by atoms with Gasteiger partial charge in [-0.15, -0.1) is 0 Å². The number of hydrogen-bond acceptors (Lipinski definition) is 5. The Kier molecular flexibility index (Phi) is 9.08. The van der Waals surface area contributed by atoms with Crippen LogP contribution in [0.2, 0.25) is 5.02 Å².